The molecule has 2 heterocycles. The predicted molar refractivity (Wildman–Crippen MR) is 77.8 cm³/mol. The summed E-state index contributed by atoms with van der Waals surface area (Å²) in [6.07, 6.45) is 3.62. The zero-order chi connectivity index (χ0) is 14.8. The van der Waals surface area contributed by atoms with Gasteiger partial charge in [-0.2, -0.15) is 0 Å². The van der Waals surface area contributed by atoms with Gasteiger partial charge in [-0.1, -0.05) is 6.07 Å². The number of carbonyl (C=O) groups excluding carboxylic acids is 1. The average Bonchev–Trinajstić information content (AvgIpc) is 2.78. The Morgan fingerprint density at radius 1 is 1.38 bits per heavy atom. The van der Waals surface area contributed by atoms with Gasteiger partial charge in [0.05, 0.1) is 13.5 Å². The first kappa shape index (κ1) is 14.3. The lowest BCUT2D eigenvalue weighted by Gasteiger charge is -2.24. The summed E-state index contributed by atoms with van der Waals surface area (Å²) in [6, 6.07) is 5.70. The van der Waals surface area contributed by atoms with E-state index in [9.17, 15) is 9.18 Å². The highest BCUT2D eigenvalue weighted by atomic mass is 19.1. The van der Waals surface area contributed by atoms with Crippen molar-refractivity contribution in [3.8, 4) is 5.75 Å². The standard InChI is InChI=1S/C16H21FN2O2/c1-21-15-5-2-11(8-14(15)17)9-16(20)19-7-6-12-3-4-13(10-19)18-12/h2,5,8,12-13,18H,3-4,6-7,9-10H2,1H3. The van der Waals surface area contributed by atoms with E-state index in [1.165, 1.54) is 19.6 Å². The summed E-state index contributed by atoms with van der Waals surface area (Å²) < 4.78 is 18.6. The molecule has 114 valence electrons. The Balaban J connectivity index is 1.64. The summed E-state index contributed by atoms with van der Waals surface area (Å²) in [4.78, 5) is 14.3. The van der Waals surface area contributed by atoms with Crippen molar-refractivity contribution in [2.45, 2.75) is 37.8 Å². The number of benzene rings is 1. The van der Waals surface area contributed by atoms with Crippen molar-refractivity contribution >= 4 is 5.91 Å². The molecule has 4 nitrogen and oxygen atoms in total. The molecule has 1 aromatic rings. The summed E-state index contributed by atoms with van der Waals surface area (Å²) in [7, 11) is 1.43. The molecule has 1 amide bonds. The zero-order valence-electron chi connectivity index (χ0n) is 12.3. The third kappa shape index (κ3) is 3.18. The maximum Gasteiger partial charge on any atom is 0.227 e. The minimum atomic E-state index is -0.417. The lowest BCUT2D eigenvalue weighted by molar-refractivity contribution is -0.130. The van der Waals surface area contributed by atoms with E-state index >= 15 is 0 Å². The van der Waals surface area contributed by atoms with Crippen LogP contribution in [0.1, 0.15) is 24.8 Å². The van der Waals surface area contributed by atoms with Gasteiger partial charge in [0, 0.05) is 25.2 Å². The van der Waals surface area contributed by atoms with Gasteiger partial charge in [-0.05, 0) is 37.0 Å². The van der Waals surface area contributed by atoms with E-state index < -0.39 is 5.82 Å². The molecule has 1 aromatic carbocycles. The molecule has 0 aromatic heterocycles. The molecule has 0 radical (unpaired) electrons. The average molecular weight is 292 g/mol. The Morgan fingerprint density at radius 3 is 2.95 bits per heavy atom. The Labute approximate surface area is 124 Å². The van der Waals surface area contributed by atoms with Crippen molar-refractivity contribution in [2.24, 2.45) is 0 Å². The Kier molecular flexibility index (Phi) is 4.10. The molecule has 2 fully saturated rings. The molecular weight excluding hydrogens is 271 g/mol. The molecule has 3 rings (SSSR count). The van der Waals surface area contributed by atoms with Crippen molar-refractivity contribution in [1.82, 2.24) is 10.2 Å². The van der Waals surface area contributed by atoms with Crippen LogP contribution in [0.25, 0.3) is 0 Å². The minimum Gasteiger partial charge on any atom is -0.494 e. The first-order valence-corrected chi connectivity index (χ1v) is 7.52. The fourth-order valence-corrected chi connectivity index (χ4v) is 3.28. The maximum absolute atomic E-state index is 13.7. The van der Waals surface area contributed by atoms with Gasteiger partial charge in [-0.3, -0.25) is 4.79 Å². The molecule has 1 N–H and O–H groups in total. The third-order valence-corrected chi connectivity index (χ3v) is 4.45. The molecule has 2 unspecified atom stereocenters. The van der Waals surface area contributed by atoms with E-state index in [2.05, 4.69) is 5.32 Å². The summed E-state index contributed by atoms with van der Waals surface area (Å²) in [5.41, 5.74) is 0.695. The van der Waals surface area contributed by atoms with E-state index in [1.807, 2.05) is 4.90 Å². The molecule has 2 aliphatic rings. The molecule has 2 atom stereocenters. The first-order chi connectivity index (χ1) is 10.2. The van der Waals surface area contributed by atoms with Crippen LogP contribution in [0.2, 0.25) is 0 Å². The Hall–Kier alpha value is -1.62. The highest BCUT2D eigenvalue weighted by Crippen LogP contribution is 2.22. The van der Waals surface area contributed by atoms with Gasteiger partial charge >= 0.3 is 0 Å². The van der Waals surface area contributed by atoms with Crippen LogP contribution in [0.15, 0.2) is 18.2 Å². The van der Waals surface area contributed by atoms with Gasteiger partial charge < -0.3 is 15.0 Å². The summed E-state index contributed by atoms with van der Waals surface area (Å²) in [5.74, 6) is -0.129. The van der Waals surface area contributed by atoms with E-state index in [0.29, 0.717) is 17.6 Å². The summed E-state index contributed by atoms with van der Waals surface area (Å²) in [5, 5.41) is 3.56. The first-order valence-electron chi connectivity index (χ1n) is 7.52. The third-order valence-electron chi connectivity index (χ3n) is 4.45. The van der Waals surface area contributed by atoms with E-state index in [-0.39, 0.29) is 18.1 Å². The quantitative estimate of drug-likeness (QED) is 0.922. The van der Waals surface area contributed by atoms with Crippen LogP contribution in [0.3, 0.4) is 0 Å². The lowest BCUT2D eigenvalue weighted by Crippen LogP contribution is -2.39. The highest BCUT2D eigenvalue weighted by molar-refractivity contribution is 5.79. The number of ether oxygens (including phenoxy) is 1. The molecule has 5 heteroatoms. The maximum atomic E-state index is 13.7. The van der Waals surface area contributed by atoms with Crippen LogP contribution in [0.5, 0.6) is 5.75 Å². The molecule has 0 saturated carbocycles. The fraction of sp³-hybridized carbons (Fsp3) is 0.562. The molecule has 2 aliphatic heterocycles. The van der Waals surface area contributed by atoms with Gasteiger partial charge in [-0.15, -0.1) is 0 Å². The van der Waals surface area contributed by atoms with Crippen molar-refractivity contribution in [3.05, 3.63) is 29.6 Å². The molecule has 0 aliphatic carbocycles. The number of hydrogen-bond donors (Lipinski definition) is 1. The van der Waals surface area contributed by atoms with Crippen LogP contribution in [0.4, 0.5) is 4.39 Å². The second-order valence-corrected chi connectivity index (χ2v) is 5.91. The van der Waals surface area contributed by atoms with E-state index in [0.717, 1.165) is 25.9 Å². The zero-order valence-corrected chi connectivity index (χ0v) is 12.3. The van der Waals surface area contributed by atoms with Gasteiger partial charge in [-0.25, -0.2) is 4.39 Å². The largest absolute Gasteiger partial charge is 0.494 e. The van der Waals surface area contributed by atoms with Crippen LogP contribution in [-0.2, 0) is 11.2 Å². The topological polar surface area (TPSA) is 41.6 Å². The summed E-state index contributed by atoms with van der Waals surface area (Å²) in [6.45, 7) is 1.57. The van der Waals surface area contributed by atoms with Crippen molar-refractivity contribution < 1.29 is 13.9 Å². The molecular formula is C16H21FN2O2. The van der Waals surface area contributed by atoms with Gasteiger partial charge in [0.15, 0.2) is 11.6 Å². The monoisotopic (exact) mass is 292 g/mol. The SMILES string of the molecule is COc1ccc(CC(=O)N2CCC3CCC(C2)N3)cc1F. The van der Waals surface area contributed by atoms with Crippen LogP contribution in [0, 0.1) is 5.82 Å². The van der Waals surface area contributed by atoms with Crippen LogP contribution < -0.4 is 10.1 Å². The van der Waals surface area contributed by atoms with Gasteiger partial charge in [0.1, 0.15) is 0 Å². The summed E-state index contributed by atoms with van der Waals surface area (Å²) >= 11 is 0. The molecule has 21 heavy (non-hydrogen) atoms. The van der Waals surface area contributed by atoms with Crippen LogP contribution >= 0.6 is 0 Å². The fourth-order valence-electron chi connectivity index (χ4n) is 3.28. The Morgan fingerprint density at radius 2 is 2.19 bits per heavy atom. The predicted octanol–water partition coefficient (Wildman–Crippen LogP) is 1.73. The molecule has 2 saturated heterocycles. The van der Waals surface area contributed by atoms with Crippen molar-refractivity contribution in [1.29, 1.82) is 0 Å². The van der Waals surface area contributed by atoms with E-state index in [1.54, 1.807) is 12.1 Å². The number of methoxy groups -OCH3 is 1. The Bertz CT molecular complexity index is 535. The number of nitrogens with zero attached hydrogens (tertiary/aromatic N) is 1. The number of hydrogen-bond acceptors (Lipinski definition) is 3. The second-order valence-electron chi connectivity index (χ2n) is 5.91. The second kappa shape index (κ2) is 6.02. The number of likely N-dealkylation sites (tertiary alicyclic amines) is 1. The lowest BCUT2D eigenvalue weighted by atomic mass is 10.1. The van der Waals surface area contributed by atoms with Crippen molar-refractivity contribution in [2.75, 3.05) is 20.2 Å². The normalized spacial score (nSPS) is 24.8. The minimum absolute atomic E-state index is 0.0777. The van der Waals surface area contributed by atoms with Gasteiger partial charge in [0.25, 0.3) is 0 Å². The van der Waals surface area contributed by atoms with Gasteiger partial charge in [0.2, 0.25) is 5.91 Å². The number of amides is 1. The van der Waals surface area contributed by atoms with Crippen LogP contribution in [-0.4, -0.2) is 43.1 Å². The number of nitrogens with one attached hydrogen (secondary N) is 1. The molecule has 2 bridgehead atoms. The number of carbonyl (C=O) groups is 1. The highest BCUT2D eigenvalue weighted by Gasteiger charge is 2.30. The van der Waals surface area contributed by atoms with Crippen molar-refractivity contribution in [3.63, 3.8) is 0 Å². The number of halogens is 1. The number of fused-ring (bicyclic) bond motifs is 2. The van der Waals surface area contributed by atoms with E-state index in [4.69, 9.17) is 4.74 Å². The smallest absolute Gasteiger partial charge is 0.227 e. The number of rotatable bonds is 3. The molecule has 0 spiro atoms.